The van der Waals surface area contributed by atoms with Gasteiger partial charge in [0.15, 0.2) is 5.78 Å². The Morgan fingerprint density at radius 3 is 2.86 bits per heavy atom. The SMILES string of the molecule is Cn1nc(C(=O)N2CCC[C@H]([C@H]3CC(=O)c4cc(Cl)ccc4O3)C2)ccc1=O. The van der Waals surface area contributed by atoms with Gasteiger partial charge in [-0.1, -0.05) is 11.6 Å². The minimum Gasteiger partial charge on any atom is -0.489 e. The van der Waals surface area contributed by atoms with Crippen molar-refractivity contribution in [1.82, 2.24) is 14.7 Å². The predicted octanol–water partition coefficient (Wildman–Crippen LogP) is 2.32. The van der Waals surface area contributed by atoms with Crippen LogP contribution in [-0.4, -0.2) is 45.6 Å². The topological polar surface area (TPSA) is 81.5 Å². The zero-order valence-corrected chi connectivity index (χ0v) is 16.2. The lowest BCUT2D eigenvalue weighted by Crippen LogP contribution is -2.46. The molecule has 28 heavy (non-hydrogen) atoms. The molecule has 8 heteroatoms. The van der Waals surface area contributed by atoms with Crippen molar-refractivity contribution >= 4 is 23.3 Å². The average Bonchev–Trinajstić information content (AvgIpc) is 2.70. The maximum Gasteiger partial charge on any atom is 0.274 e. The van der Waals surface area contributed by atoms with Crippen LogP contribution in [0.25, 0.3) is 0 Å². The molecule has 0 spiro atoms. The molecule has 1 amide bonds. The Morgan fingerprint density at radius 1 is 1.25 bits per heavy atom. The first-order valence-corrected chi connectivity index (χ1v) is 9.63. The Hall–Kier alpha value is -2.67. The van der Waals surface area contributed by atoms with Crippen molar-refractivity contribution in [1.29, 1.82) is 0 Å². The lowest BCUT2D eigenvalue weighted by Gasteiger charge is -2.38. The van der Waals surface area contributed by atoms with E-state index in [4.69, 9.17) is 16.3 Å². The second-order valence-electron chi connectivity index (χ2n) is 7.26. The van der Waals surface area contributed by atoms with Gasteiger partial charge in [-0.3, -0.25) is 14.4 Å². The van der Waals surface area contributed by atoms with Crippen LogP contribution < -0.4 is 10.3 Å². The van der Waals surface area contributed by atoms with Gasteiger partial charge in [0.2, 0.25) is 0 Å². The summed E-state index contributed by atoms with van der Waals surface area (Å²) in [7, 11) is 1.52. The first kappa shape index (κ1) is 18.7. The first-order chi connectivity index (χ1) is 13.4. The van der Waals surface area contributed by atoms with Gasteiger partial charge in [0.1, 0.15) is 17.5 Å². The van der Waals surface area contributed by atoms with Crippen molar-refractivity contribution in [3.05, 3.63) is 57.0 Å². The van der Waals surface area contributed by atoms with Crippen LogP contribution >= 0.6 is 11.6 Å². The number of ketones is 1. The van der Waals surface area contributed by atoms with Gasteiger partial charge >= 0.3 is 0 Å². The van der Waals surface area contributed by atoms with Crippen LogP contribution in [0.2, 0.25) is 5.02 Å². The van der Waals surface area contributed by atoms with E-state index in [1.807, 2.05) is 0 Å². The molecule has 2 aromatic rings. The molecule has 0 saturated carbocycles. The molecule has 0 aliphatic carbocycles. The van der Waals surface area contributed by atoms with Gasteiger partial charge in [0, 0.05) is 43.6 Å². The number of Topliss-reactive ketones (excluding diaryl/α,β-unsaturated/α-hetero) is 1. The highest BCUT2D eigenvalue weighted by molar-refractivity contribution is 6.31. The van der Waals surface area contributed by atoms with Crippen LogP contribution in [0, 0.1) is 5.92 Å². The van der Waals surface area contributed by atoms with E-state index < -0.39 is 0 Å². The number of rotatable bonds is 2. The molecule has 3 heterocycles. The summed E-state index contributed by atoms with van der Waals surface area (Å²) in [6.45, 7) is 1.11. The second-order valence-corrected chi connectivity index (χ2v) is 7.69. The van der Waals surface area contributed by atoms with E-state index in [2.05, 4.69) is 5.10 Å². The minimum absolute atomic E-state index is 0.0110. The van der Waals surface area contributed by atoms with Crippen LogP contribution in [0.1, 0.15) is 40.1 Å². The van der Waals surface area contributed by atoms with Gasteiger partial charge in [0.05, 0.1) is 5.56 Å². The fourth-order valence-corrected chi connectivity index (χ4v) is 4.03. The highest BCUT2D eigenvalue weighted by Gasteiger charge is 2.36. The standard InChI is InChI=1S/C20H20ClN3O4/c1-23-19(26)7-5-15(22-23)20(27)24-8-2-3-12(11-24)18-10-16(25)14-9-13(21)4-6-17(14)28-18/h4-7,9,12,18H,2-3,8,10-11H2,1H3/t12-,18+/m0/s1. The molecule has 7 nitrogen and oxygen atoms in total. The molecule has 0 N–H and O–H groups in total. The van der Waals surface area contributed by atoms with Gasteiger partial charge in [-0.15, -0.1) is 0 Å². The van der Waals surface area contributed by atoms with E-state index in [1.54, 1.807) is 23.1 Å². The molecule has 2 aliphatic rings. The number of ether oxygens (including phenoxy) is 1. The number of benzene rings is 1. The zero-order chi connectivity index (χ0) is 19.8. The molecule has 1 aromatic heterocycles. The first-order valence-electron chi connectivity index (χ1n) is 9.25. The smallest absolute Gasteiger partial charge is 0.274 e. The maximum absolute atomic E-state index is 12.8. The lowest BCUT2D eigenvalue weighted by atomic mass is 9.87. The number of aryl methyl sites for hydroxylation is 1. The summed E-state index contributed by atoms with van der Waals surface area (Å²) in [4.78, 5) is 38.6. The summed E-state index contributed by atoms with van der Waals surface area (Å²) in [6.07, 6.45) is 1.71. The molecule has 1 fully saturated rings. The quantitative estimate of drug-likeness (QED) is 0.771. The largest absolute Gasteiger partial charge is 0.489 e. The van der Waals surface area contributed by atoms with E-state index in [0.29, 0.717) is 29.4 Å². The lowest BCUT2D eigenvalue weighted by molar-refractivity contribution is 0.0404. The second kappa shape index (κ2) is 7.39. The van der Waals surface area contributed by atoms with Crippen LogP contribution in [0.15, 0.2) is 35.1 Å². The van der Waals surface area contributed by atoms with Gasteiger partial charge < -0.3 is 9.64 Å². The van der Waals surface area contributed by atoms with Crippen LogP contribution in [0.5, 0.6) is 5.75 Å². The number of aromatic nitrogens is 2. The Labute approximate surface area is 166 Å². The van der Waals surface area contributed by atoms with Gasteiger partial charge in [0.25, 0.3) is 11.5 Å². The van der Waals surface area contributed by atoms with Gasteiger partial charge in [-0.25, -0.2) is 4.68 Å². The highest BCUT2D eigenvalue weighted by atomic mass is 35.5. The Balaban J connectivity index is 1.50. The number of carbonyl (C=O) groups excluding carboxylic acids is 2. The van der Waals surface area contributed by atoms with E-state index in [-0.39, 0.29) is 41.4 Å². The fourth-order valence-electron chi connectivity index (χ4n) is 3.86. The van der Waals surface area contributed by atoms with Crippen molar-refractivity contribution in [3.8, 4) is 5.75 Å². The minimum atomic E-state index is -0.273. The summed E-state index contributed by atoms with van der Waals surface area (Å²) in [5.74, 6) is 0.401. The van der Waals surface area contributed by atoms with E-state index in [0.717, 1.165) is 17.5 Å². The van der Waals surface area contributed by atoms with Crippen LogP contribution in [-0.2, 0) is 7.05 Å². The third-order valence-corrected chi connectivity index (χ3v) is 5.59. The number of amides is 1. The third-order valence-electron chi connectivity index (χ3n) is 5.36. The zero-order valence-electron chi connectivity index (χ0n) is 15.4. The summed E-state index contributed by atoms with van der Waals surface area (Å²) in [6, 6.07) is 7.86. The normalized spacial score (nSPS) is 21.8. The molecule has 0 radical (unpaired) electrons. The van der Waals surface area contributed by atoms with Crippen molar-refractivity contribution < 1.29 is 14.3 Å². The third kappa shape index (κ3) is 3.54. The molecule has 0 unspecified atom stereocenters. The average molecular weight is 402 g/mol. The molecule has 2 atom stereocenters. The molecule has 1 aromatic carbocycles. The number of fused-ring (bicyclic) bond motifs is 1. The maximum atomic E-state index is 12.8. The van der Waals surface area contributed by atoms with E-state index >= 15 is 0 Å². The van der Waals surface area contributed by atoms with Crippen molar-refractivity contribution in [3.63, 3.8) is 0 Å². The summed E-state index contributed by atoms with van der Waals surface area (Å²) in [5, 5.41) is 4.56. The Morgan fingerprint density at radius 2 is 2.07 bits per heavy atom. The summed E-state index contributed by atoms with van der Waals surface area (Å²) < 4.78 is 7.24. The van der Waals surface area contributed by atoms with Crippen LogP contribution in [0.3, 0.4) is 0 Å². The van der Waals surface area contributed by atoms with Crippen molar-refractivity contribution in [2.45, 2.75) is 25.4 Å². The van der Waals surface area contributed by atoms with Crippen LogP contribution in [0.4, 0.5) is 0 Å². The summed E-state index contributed by atoms with van der Waals surface area (Å²) in [5.41, 5.74) is 0.492. The number of hydrogen-bond acceptors (Lipinski definition) is 5. The van der Waals surface area contributed by atoms with E-state index in [9.17, 15) is 14.4 Å². The van der Waals surface area contributed by atoms with Gasteiger partial charge in [-0.2, -0.15) is 5.10 Å². The van der Waals surface area contributed by atoms with Crippen molar-refractivity contribution in [2.24, 2.45) is 13.0 Å². The molecule has 146 valence electrons. The molecule has 0 bridgehead atoms. The highest BCUT2D eigenvalue weighted by Crippen LogP contribution is 2.34. The number of likely N-dealkylation sites (tertiary alicyclic amines) is 1. The number of piperidine rings is 1. The Kier molecular flexibility index (Phi) is 4.93. The van der Waals surface area contributed by atoms with Crippen molar-refractivity contribution in [2.75, 3.05) is 13.1 Å². The molecule has 1 saturated heterocycles. The Bertz CT molecular complexity index is 1000. The molecular formula is C20H20ClN3O4. The number of halogens is 1. The number of hydrogen-bond donors (Lipinski definition) is 0. The predicted molar refractivity (Wildman–Crippen MR) is 103 cm³/mol. The molecule has 4 rings (SSSR count). The molecular weight excluding hydrogens is 382 g/mol. The number of carbonyl (C=O) groups is 2. The fraction of sp³-hybridized carbons (Fsp3) is 0.400. The van der Waals surface area contributed by atoms with Gasteiger partial charge in [-0.05, 0) is 37.1 Å². The monoisotopic (exact) mass is 401 g/mol. The summed E-state index contributed by atoms with van der Waals surface area (Å²) >= 11 is 5.98. The molecule has 2 aliphatic heterocycles. The number of nitrogens with zero attached hydrogens (tertiary/aromatic N) is 3. The van der Waals surface area contributed by atoms with E-state index in [1.165, 1.54) is 19.2 Å².